The van der Waals surface area contributed by atoms with E-state index in [-0.39, 0.29) is 5.41 Å². The number of hydrogen-bond acceptors (Lipinski definition) is 2. The molecule has 2 heteroatoms. The molecule has 1 N–H and O–H groups in total. The normalized spacial score (nSPS) is 11.2. The van der Waals surface area contributed by atoms with Crippen molar-refractivity contribution in [3.63, 3.8) is 0 Å². The molecule has 0 aliphatic heterocycles. The highest BCUT2D eigenvalue weighted by atomic mass is 15.0. The third-order valence-corrected chi connectivity index (χ3v) is 2.65. The van der Waals surface area contributed by atoms with Gasteiger partial charge in [-0.15, -0.1) is 0 Å². The molecule has 0 unspecified atom stereocenters. The van der Waals surface area contributed by atoms with Crippen LogP contribution in [0.1, 0.15) is 26.3 Å². The van der Waals surface area contributed by atoms with Crippen LogP contribution in [0, 0.1) is 0 Å². The highest BCUT2D eigenvalue weighted by Crippen LogP contribution is 2.29. The average molecular weight is 226 g/mol. The molecule has 88 valence electrons. The smallest absolute Gasteiger partial charge is 0.134 e. The Morgan fingerprint density at radius 2 is 1.65 bits per heavy atom. The molecule has 2 aromatic rings. The summed E-state index contributed by atoms with van der Waals surface area (Å²) in [5, 5.41) is 3.37. The minimum Gasteiger partial charge on any atom is -0.340 e. The number of hydrogen-bond donors (Lipinski definition) is 1. The summed E-state index contributed by atoms with van der Waals surface area (Å²) in [7, 11) is 0. The van der Waals surface area contributed by atoms with Gasteiger partial charge in [0.05, 0.1) is 0 Å². The maximum atomic E-state index is 4.43. The summed E-state index contributed by atoms with van der Waals surface area (Å²) in [4.78, 5) is 4.43. The van der Waals surface area contributed by atoms with E-state index < -0.39 is 0 Å². The zero-order chi connectivity index (χ0) is 12.3. The van der Waals surface area contributed by atoms with Crippen molar-refractivity contribution in [1.82, 2.24) is 4.98 Å². The predicted molar refractivity (Wildman–Crippen MR) is 72.7 cm³/mol. The number of pyridine rings is 1. The van der Waals surface area contributed by atoms with Gasteiger partial charge in [0, 0.05) is 17.4 Å². The van der Waals surface area contributed by atoms with Crippen molar-refractivity contribution in [1.29, 1.82) is 0 Å². The van der Waals surface area contributed by atoms with Gasteiger partial charge >= 0.3 is 0 Å². The fourth-order valence-electron chi connectivity index (χ4n) is 1.77. The molecule has 0 spiro atoms. The van der Waals surface area contributed by atoms with Crippen LogP contribution in [-0.4, -0.2) is 4.98 Å². The number of benzene rings is 1. The van der Waals surface area contributed by atoms with Crippen molar-refractivity contribution in [2.24, 2.45) is 0 Å². The Morgan fingerprint density at radius 1 is 0.941 bits per heavy atom. The second kappa shape index (κ2) is 4.58. The average Bonchev–Trinajstić information content (AvgIpc) is 2.30. The maximum Gasteiger partial charge on any atom is 0.134 e. The summed E-state index contributed by atoms with van der Waals surface area (Å²) >= 11 is 0. The Kier molecular flexibility index (Phi) is 3.14. The predicted octanol–water partition coefficient (Wildman–Crippen LogP) is 4.12. The van der Waals surface area contributed by atoms with Gasteiger partial charge in [-0.05, 0) is 23.6 Å². The Bertz CT molecular complexity index is 484. The molecule has 0 aliphatic rings. The number of nitrogens with zero attached hydrogens (tertiary/aromatic N) is 1. The Morgan fingerprint density at radius 3 is 2.29 bits per heavy atom. The first-order valence-electron chi connectivity index (χ1n) is 5.85. The molecule has 1 aromatic heterocycles. The van der Waals surface area contributed by atoms with Crippen molar-refractivity contribution in [3.05, 3.63) is 54.2 Å². The molecule has 2 rings (SSSR count). The first-order chi connectivity index (χ1) is 8.07. The van der Waals surface area contributed by atoms with Gasteiger partial charge in [0.15, 0.2) is 0 Å². The number of nitrogens with one attached hydrogen (secondary N) is 1. The van der Waals surface area contributed by atoms with Crippen LogP contribution >= 0.6 is 0 Å². The molecule has 0 bridgehead atoms. The summed E-state index contributed by atoms with van der Waals surface area (Å²) in [6, 6.07) is 14.2. The lowest BCUT2D eigenvalue weighted by Gasteiger charge is -2.22. The van der Waals surface area contributed by atoms with E-state index in [0.717, 1.165) is 11.5 Å². The number of aromatic nitrogens is 1. The number of rotatable bonds is 2. The molecule has 0 saturated carbocycles. The van der Waals surface area contributed by atoms with Gasteiger partial charge in [-0.3, -0.25) is 0 Å². The lowest BCUT2D eigenvalue weighted by Crippen LogP contribution is -2.14. The molecule has 0 atom stereocenters. The van der Waals surface area contributed by atoms with Crippen molar-refractivity contribution in [2.45, 2.75) is 26.2 Å². The summed E-state index contributed by atoms with van der Waals surface area (Å²) in [5.74, 6) is 0.936. The molecule has 2 nitrogen and oxygen atoms in total. The van der Waals surface area contributed by atoms with Crippen molar-refractivity contribution < 1.29 is 0 Å². The molecule has 1 heterocycles. The zero-order valence-electron chi connectivity index (χ0n) is 10.6. The van der Waals surface area contributed by atoms with Crippen LogP contribution in [0.5, 0.6) is 0 Å². The van der Waals surface area contributed by atoms with E-state index in [2.05, 4.69) is 37.1 Å². The Balaban J connectivity index is 2.34. The lowest BCUT2D eigenvalue weighted by atomic mass is 9.87. The van der Waals surface area contributed by atoms with E-state index in [1.54, 1.807) is 0 Å². The quantitative estimate of drug-likeness (QED) is 0.833. The molecule has 17 heavy (non-hydrogen) atoms. The summed E-state index contributed by atoms with van der Waals surface area (Å²) in [5.41, 5.74) is 2.38. The standard InChI is InChI=1S/C15H18N2/c1-15(2,3)13-10-7-11-16-14(13)17-12-8-5-4-6-9-12/h4-11H,1-3H3,(H,16,17). The summed E-state index contributed by atoms with van der Waals surface area (Å²) < 4.78 is 0. The number of para-hydroxylation sites is 1. The third-order valence-electron chi connectivity index (χ3n) is 2.65. The first kappa shape index (κ1) is 11.6. The van der Waals surface area contributed by atoms with Crippen LogP contribution in [0.4, 0.5) is 11.5 Å². The van der Waals surface area contributed by atoms with Gasteiger partial charge in [-0.2, -0.15) is 0 Å². The fraction of sp³-hybridized carbons (Fsp3) is 0.267. The van der Waals surface area contributed by atoms with Crippen LogP contribution in [-0.2, 0) is 5.41 Å². The van der Waals surface area contributed by atoms with Crippen molar-refractivity contribution >= 4 is 11.5 Å². The molecular weight excluding hydrogens is 208 g/mol. The van der Waals surface area contributed by atoms with E-state index in [0.29, 0.717) is 0 Å². The number of anilines is 2. The molecule has 0 aliphatic carbocycles. The molecule has 1 aromatic carbocycles. The fourth-order valence-corrected chi connectivity index (χ4v) is 1.77. The van der Waals surface area contributed by atoms with E-state index in [1.165, 1.54) is 5.56 Å². The molecule has 0 radical (unpaired) electrons. The van der Waals surface area contributed by atoms with Crippen molar-refractivity contribution in [2.75, 3.05) is 5.32 Å². The first-order valence-corrected chi connectivity index (χ1v) is 5.85. The van der Waals surface area contributed by atoms with Gasteiger partial charge in [-0.1, -0.05) is 45.0 Å². The Hall–Kier alpha value is -1.83. The lowest BCUT2D eigenvalue weighted by molar-refractivity contribution is 0.590. The highest BCUT2D eigenvalue weighted by Gasteiger charge is 2.18. The van der Waals surface area contributed by atoms with E-state index in [1.807, 2.05) is 42.6 Å². The molecule has 0 fully saturated rings. The van der Waals surface area contributed by atoms with Crippen LogP contribution in [0.3, 0.4) is 0 Å². The van der Waals surface area contributed by atoms with Gasteiger partial charge in [0.1, 0.15) is 5.82 Å². The van der Waals surface area contributed by atoms with Gasteiger partial charge in [0.25, 0.3) is 0 Å². The van der Waals surface area contributed by atoms with Gasteiger partial charge in [0.2, 0.25) is 0 Å². The summed E-state index contributed by atoms with van der Waals surface area (Å²) in [6.07, 6.45) is 1.82. The van der Waals surface area contributed by atoms with Gasteiger partial charge in [-0.25, -0.2) is 4.98 Å². The van der Waals surface area contributed by atoms with E-state index in [4.69, 9.17) is 0 Å². The maximum absolute atomic E-state index is 4.43. The largest absolute Gasteiger partial charge is 0.340 e. The second-order valence-electron chi connectivity index (χ2n) is 5.14. The van der Waals surface area contributed by atoms with Gasteiger partial charge < -0.3 is 5.32 Å². The zero-order valence-corrected chi connectivity index (χ0v) is 10.6. The molecular formula is C15H18N2. The van der Waals surface area contributed by atoms with Crippen molar-refractivity contribution in [3.8, 4) is 0 Å². The second-order valence-corrected chi connectivity index (χ2v) is 5.14. The minimum atomic E-state index is 0.0887. The van der Waals surface area contributed by atoms with Crippen LogP contribution in [0.25, 0.3) is 0 Å². The Labute approximate surface area is 103 Å². The SMILES string of the molecule is CC(C)(C)c1cccnc1Nc1ccccc1. The van der Waals surface area contributed by atoms with Crippen LogP contribution < -0.4 is 5.32 Å². The molecule has 0 amide bonds. The molecule has 0 saturated heterocycles. The topological polar surface area (TPSA) is 24.9 Å². The minimum absolute atomic E-state index is 0.0887. The van der Waals surface area contributed by atoms with E-state index >= 15 is 0 Å². The monoisotopic (exact) mass is 226 g/mol. The van der Waals surface area contributed by atoms with Crippen LogP contribution in [0.2, 0.25) is 0 Å². The third kappa shape index (κ3) is 2.84. The summed E-state index contributed by atoms with van der Waals surface area (Å²) in [6.45, 7) is 6.58. The highest BCUT2D eigenvalue weighted by molar-refractivity contribution is 5.60. The van der Waals surface area contributed by atoms with Crippen LogP contribution in [0.15, 0.2) is 48.7 Å². The van der Waals surface area contributed by atoms with E-state index in [9.17, 15) is 0 Å².